The Bertz CT molecular complexity index is 1350. The van der Waals surface area contributed by atoms with Crippen LogP contribution in [0.2, 0.25) is 0 Å². The molecule has 1 aliphatic carbocycles. The number of aromatic nitrogens is 4. The number of hydrogen-bond acceptors (Lipinski definition) is 9. The van der Waals surface area contributed by atoms with Crippen molar-refractivity contribution in [2.24, 2.45) is 0 Å². The monoisotopic (exact) mass is 476 g/mol. The van der Waals surface area contributed by atoms with E-state index in [9.17, 15) is 9.59 Å². The lowest BCUT2D eigenvalue weighted by atomic mass is 9.70. The van der Waals surface area contributed by atoms with E-state index in [-0.39, 0.29) is 29.2 Å². The summed E-state index contributed by atoms with van der Waals surface area (Å²) in [6.45, 7) is 3.83. The highest BCUT2D eigenvalue weighted by Gasteiger charge is 2.49. The first-order valence-electron chi connectivity index (χ1n) is 12.1. The zero-order valence-electron chi connectivity index (χ0n) is 19.7. The number of aryl methyl sites for hydroxylation is 2. The fraction of sp³-hybridized carbons (Fsp3) is 0.480. The smallest absolute Gasteiger partial charge is 0.332 e. The number of pyridine rings is 2. The highest BCUT2D eigenvalue weighted by Crippen LogP contribution is 2.45. The van der Waals surface area contributed by atoms with Gasteiger partial charge in [-0.25, -0.2) is 19.7 Å². The predicted octanol–water partition coefficient (Wildman–Crippen LogP) is 2.09. The highest BCUT2D eigenvalue weighted by atomic mass is 16.5. The third-order valence-corrected chi connectivity index (χ3v) is 7.59. The van der Waals surface area contributed by atoms with Crippen molar-refractivity contribution < 1.29 is 14.3 Å². The van der Waals surface area contributed by atoms with Gasteiger partial charge in [-0.2, -0.15) is 0 Å². The largest absolute Gasteiger partial charge is 0.404 e. The Morgan fingerprint density at radius 2 is 1.97 bits per heavy atom. The molecule has 182 valence electrons. The van der Waals surface area contributed by atoms with E-state index in [4.69, 9.17) is 9.47 Å². The van der Waals surface area contributed by atoms with Crippen LogP contribution in [0.15, 0.2) is 35.3 Å². The molecule has 2 N–H and O–H groups in total. The summed E-state index contributed by atoms with van der Waals surface area (Å²) in [4.78, 5) is 37.4. The van der Waals surface area contributed by atoms with Gasteiger partial charge in [0.25, 0.3) is 5.56 Å². The van der Waals surface area contributed by atoms with Crippen LogP contribution >= 0.6 is 0 Å². The standard InChI is InChI=1S/C25H28N6O4/c1-16-2-4-18-22(29-16)31(20(32)13-26-18)11-10-25-8-6-24(7-9-25,15-34-25)28-12-17-3-5-19-23(30-17)35-21(33)14-27-19/h2-5,13,27-28H,6-12,14-15H2,1H3. The van der Waals surface area contributed by atoms with E-state index in [1.807, 2.05) is 31.2 Å². The van der Waals surface area contributed by atoms with Gasteiger partial charge < -0.3 is 20.1 Å². The maximum absolute atomic E-state index is 12.6. The minimum atomic E-state index is -0.328. The number of rotatable bonds is 6. The van der Waals surface area contributed by atoms with E-state index in [2.05, 4.69) is 25.6 Å². The second-order valence-electron chi connectivity index (χ2n) is 9.88. The molecule has 6 heterocycles. The maximum Gasteiger partial charge on any atom is 0.332 e. The van der Waals surface area contributed by atoms with E-state index in [0.717, 1.165) is 54.7 Å². The fourth-order valence-corrected chi connectivity index (χ4v) is 5.36. The minimum Gasteiger partial charge on any atom is -0.404 e. The van der Waals surface area contributed by atoms with Crippen molar-refractivity contribution in [3.63, 3.8) is 0 Å². The molecular formula is C25H28N6O4. The normalized spacial score (nSPS) is 25.2. The average molecular weight is 477 g/mol. The van der Waals surface area contributed by atoms with E-state index < -0.39 is 0 Å². The summed E-state index contributed by atoms with van der Waals surface area (Å²) in [7, 11) is 0. The number of carbonyl (C=O) groups is 1. The van der Waals surface area contributed by atoms with Crippen molar-refractivity contribution in [1.82, 2.24) is 24.8 Å². The SMILES string of the molecule is Cc1ccc2ncc(=O)n(CCC34CCC(NCc5ccc6c(n5)OC(=O)CN6)(CC3)CO4)c2n1. The Balaban J connectivity index is 1.10. The van der Waals surface area contributed by atoms with Crippen LogP contribution in [-0.2, 0) is 22.6 Å². The molecule has 10 nitrogen and oxygen atoms in total. The third-order valence-electron chi connectivity index (χ3n) is 7.59. The number of nitrogens with zero attached hydrogens (tertiary/aromatic N) is 4. The molecule has 0 radical (unpaired) electrons. The second-order valence-corrected chi connectivity index (χ2v) is 9.88. The summed E-state index contributed by atoms with van der Waals surface area (Å²) in [6, 6.07) is 7.65. The Labute approximate surface area is 202 Å². The quantitative estimate of drug-likeness (QED) is 0.515. The van der Waals surface area contributed by atoms with Crippen molar-refractivity contribution in [3.8, 4) is 5.88 Å². The summed E-state index contributed by atoms with van der Waals surface area (Å²) in [5.74, 6) is 0.00936. The Morgan fingerprint density at radius 1 is 1.11 bits per heavy atom. The molecule has 0 amide bonds. The number of carbonyl (C=O) groups excluding carboxylic acids is 1. The maximum atomic E-state index is 12.6. The van der Waals surface area contributed by atoms with E-state index in [1.165, 1.54) is 6.20 Å². The molecule has 0 unspecified atom stereocenters. The number of esters is 1. The van der Waals surface area contributed by atoms with Crippen molar-refractivity contribution in [3.05, 3.63) is 52.2 Å². The lowest BCUT2D eigenvalue weighted by molar-refractivity contribution is -0.167. The van der Waals surface area contributed by atoms with Crippen LogP contribution in [0, 0.1) is 6.92 Å². The molecule has 3 aromatic heterocycles. The Hall–Kier alpha value is -3.37. The summed E-state index contributed by atoms with van der Waals surface area (Å²) >= 11 is 0. The minimum absolute atomic E-state index is 0.0902. The van der Waals surface area contributed by atoms with Gasteiger partial charge in [-0.3, -0.25) is 9.36 Å². The fourth-order valence-electron chi connectivity index (χ4n) is 5.36. The van der Waals surface area contributed by atoms with E-state index in [1.54, 1.807) is 4.57 Å². The highest BCUT2D eigenvalue weighted by molar-refractivity contribution is 5.82. The molecule has 0 spiro atoms. The van der Waals surface area contributed by atoms with E-state index >= 15 is 0 Å². The summed E-state index contributed by atoms with van der Waals surface area (Å²) in [5.41, 5.74) is 3.35. The number of fused-ring (bicyclic) bond motifs is 5. The third kappa shape index (κ3) is 4.17. The van der Waals surface area contributed by atoms with Gasteiger partial charge in [0.15, 0.2) is 5.65 Å². The molecule has 7 rings (SSSR count). The van der Waals surface area contributed by atoms with Crippen LogP contribution < -0.4 is 20.9 Å². The number of nitrogens with one attached hydrogen (secondary N) is 2. The van der Waals surface area contributed by atoms with Gasteiger partial charge in [-0.1, -0.05) is 0 Å². The topological polar surface area (TPSA) is 120 Å². The van der Waals surface area contributed by atoms with Crippen molar-refractivity contribution >= 4 is 22.8 Å². The Morgan fingerprint density at radius 3 is 2.77 bits per heavy atom. The van der Waals surface area contributed by atoms with Gasteiger partial charge in [0.1, 0.15) is 12.1 Å². The zero-order valence-corrected chi connectivity index (χ0v) is 19.7. The van der Waals surface area contributed by atoms with Gasteiger partial charge in [-0.05, 0) is 63.3 Å². The summed E-state index contributed by atoms with van der Waals surface area (Å²) in [5, 5.41) is 6.67. The van der Waals surface area contributed by atoms with Gasteiger partial charge in [0.2, 0.25) is 5.88 Å². The second kappa shape index (κ2) is 8.39. The van der Waals surface area contributed by atoms with Crippen LogP contribution in [0.5, 0.6) is 5.88 Å². The molecule has 2 bridgehead atoms. The summed E-state index contributed by atoms with van der Waals surface area (Å²) < 4.78 is 13.4. The zero-order chi connectivity index (χ0) is 24.0. The van der Waals surface area contributed by atoms with Crippen LogP contribution in [-0.4, -0.2) is 49.8 Å². The van der Waals surface area contributed by atoms with Crippen LogP contribution in [0.3, 0.4) is 0 Å². The number of hydrogen-bond donors (Lipinski definition) is 2. The molecule has 1 saturated carbocycles. The van der Waals surface area contributed by atoms with Crippen molar-refractivity contribution in [1.29, 1.82) is 0 Å². The molecule has 35 heavy (non-hydrogen) atoms. The number of ether oxygens (including phenoxy) is 2. The van der Waals surface area contributed by atoms with Crippen LogP contribution in [0.4, 0.5) is 5.69 Å². The first kappa shape index (κ1) is 22.1. The lowest BCUT2D eigenvalue weighted by Gasteiger charge is -2.53. The van der Waals surface area contributed by atoms with Crippen LogP contribution in [0.25, 0.3) is 11.2 Å². The Kier molecular flexibility index (Phi) is 5.30. The summed E-state index contributed by atoms with van der Waals surface area (Å²) in [6.07, 6.45) is 6.01. The molecule has 4 aliphatic rings. The van der Waals surface area contributed by atoms with E-state index in [0.29, 0.717) is 31.2 Å². The first-order valence-corrected chi connectivity index (χ1v) is 12.1. The molecule has 10 heteroatoms. The molecule has 3 aromatic rings. The number of anilines is 1. The molecule has 3 fully saturated rings. The lowest BCUT2D eigenvalue weighted by Crippen LogP contribution is -2.61. The molecule has 0 atom stereocenters. The van der Waals surface area contributed by atoms with Crippen molar-refractivity contribution in [2.75, 3.05) is 18.5 Å². The average Bonchev–Trinajstić information content (AvgIpc) is 2.88. The van der Waals surface area contributed by atoms with Gasteiger partial charge in [-0.15, -0.1) is 0 Å². The molecule has 0 aromatic carbocycles. The molecule has 2 saturated heterocycles. The molecule has 3 aliphatic heterocycles. The van der Waals surface area contributed by atoms with Gasteiger partial charge >= 0.3 is 5.97 Å². The van der Waals surface area contributed by atoms with Crippen molar-refractivity contribution in [2.45, 2.75) is 63.3 Å². The first-order chi connectivity index (χ1) is 16.9. The predicted molar refractivity (Wildman–Crippen MR) is 128 cm³/mol. The van der Waals surface area contributed by atoms with Crippen LogP contribution in [0.1, 0.15) is 43.5 Å². The van der Waals surface area contributed by atoms with Gasteiger partial charge in [0.05, 0.1) is 29.8 Å². The molecular weight excluding hydrogens is 448 g/mol. The van der Waals surface area contributed by atoms with Gasteiger partial charge in [0, 0.05) is 24.3 Å².